The third kappa shape index (κ3) is 2.76. The van der Waals surface area contributed by atoms with Crippen LogP contribution in [0.4, 0.5) is 0 Å². The van der Waals surface area contributed by atoms with E-state index in [1.165, 1.54) is 0 Å². The molecule has 1 aromatic carbocycles. The van der Waals surface area contributed by atoms with Crippen molar-refractivity contribution in [2.24, 2.45) is 0 Å². The number of hydrogen-bond donors (Lipinski definition) is 2. The number of fused-ring (bicyclic) bond motifs is 1. The van der Waals surface area contributed by atoms with Gasteiger partial charge in [0.15, 0.2) is 0 Å². The summed E-state index contributed by atoms with van der Waals surface area (Å²) in [6.45, 7) is 1.64. The standard InChI is InChI=1S/C11H14N2O3S/c1-2-17(15,16)6-5-8-3-4-9-10(7-8)13-11(14)12-9/h3-4,7H,2,5-6H2,1H3,(H2,12,13,14). The largest absolute Gasteiger partial charge is 0.323 e. The molecule has 0 amide bonds. The average Bonchev–Trinajstić information content (AvgIpc) is 2.66. The van der Waals surface area contributed by atoms with Crippen LogP contribution in [-0.4, -0.2) is 29.9 Å². The molecule has 0 unspecified atom stereocenters. The van der Waals surface area contributed by atoms with Crippen LogP contribution < -0.4 is 5.69 Å². The molecule has 0 aliphatic heterocycles. The second-order valence-corrected chi connectivity index (χ2v) is 6.42. The lowest BCUT2D eigenvalue weighted by Gasteiger charge is -2.02. The van der Waals surface area contributed by atoms with Crippen LogP contribution in [-0.2, 0) is 16.3 Å². The molecule has 0 spiro atoms. The molecule has 0 saturated carbocycles. The number of nitrogens with one attached hydrogen (secondary N) is 2. The topological polar surface area (TPSA) is 82.8 Å². The van der Waals surface area contributed by atoms with Gasteiger partial charge in [-0.25, -0.2) is 13.2 Å². The van der Waals surface area contributed by atoms with E-state index in [0.717, 1.165) is 11.1 Å². The Bertz CT molecular complexity index is 682. The van der Waals surface area contributed by atoms with E-state index in [2.05, 4.69) is 9.97 Å². The highest BCUT2D eigenvalue weighted by atomic mass is 32.2. The fourth-order valence-corrected chi connectivity index (χ4v) is 2.49. The minimum absolute atomic E-state index is 0.143. The highest BCUT2D eigenvalue weighted by molar-refractivity contribution is 7.91. The molecule has 2 aromatic rings. The zero-order valence-electron chi connectivity index (χ0n) is 9.49. The van der Waals surface area contributed by atoms with Gasteiger partial charge in [0.25, 0.3) is 0 Å². The average molecular weight is 254 g/mol. The monoisotopic (exact) mass is 254 g/mol. The molecule has 1 heterocycles. The van der Waals surface area contributed by atoms with Crippen LogP contribution in [0.1, 0.15) is 12.5 Å². The van der Waals surface area contributed by atoms with Gasteiger partial charge in [0.2, 0.25) is 0 Å². The van der Waals surface area contributed by atoms with E-state index >= 15 is 0 Å². The molecule has 0 bridgehead atoms. The number of imidazole rings is 1. The summed E-state index contributed by atoms with van der Waals surface area (Å²) in [4.78, 5) is 16.3. The first-order valence-corrected chi connectivity index (χ1v) is 7.23. The lowest BCUT2D eigenvalue weighted by atomic mass is 10.1. The zero-order valence-corrected chi connectivity index (χ0v) is 10.3. The first kappa shape index (κ1) is 11.9. The van der Waals surface area contributed by atoms with Crippen LogP contribution in [0.5, 0.6) is 0 Å². The van der Waals surface area contributed by atoms with Crippen molar-refractivity contribution in [3.05, 3.63) is 34.2 Å². The van der Waals surface area contributed by atoms with Crippen LogP contribution >= 0.6 is 0 Å². The molecular formula is C11H14N2O3S. The van der Waals surface area contributed by atoms with E-state index < -0.39 is 9.84 Å². The Morgan fingerprint density at radius 2 is 1.88 bits per heavy atom. The van der Waals surface area contributed by atoms with Gasteiger partial charge in [0, 0.05) is 5.75 Å². The SMILES string of the molecule is CCS(=O)(=O)CCc1ccc2[nH]c(=O)[nH]c2c1. The molecule has 0 radical (unpaired) electrons. The molecule has 1 aromatic heterocycles. The van der Waals surface area contributed by atoms with E-state index in [1.807, 2.05) is 6.07 Å². The van der Waals surface area contributed by atoms with Crippen LogP contribution in [0.3, 0.4) is 0 Å². The third-order valence-corrected chi connectivity index (χ3v) is 4.43. The summed E-state index contributed by atoms with van der Waals surface area (Å²) in [5.74, 6) is 0.305. The fourth-order valence-electron chi connectivity index (χ4n) is 1.65. The van der Waals surface area contributed by atoms with Gasteiger partial charge in [-0.2, -0.15) is 0 Å². The predicted molar refractivity (Wildman–Crippen MR) is 67.0 cm³/mol. The Morgan fingerprint density at radius 1 is 1.18 bits per heavy atom. The Balaban J connectivity index is 2.22. The number of hydrogen-bond acceptors (Lipinski definition) is 3. The van der Waals surface area contributed by atoms with Gasteiger partial charge in [-0.15, -0.1) is 0 Å². The van der Waals surface area contributed by atoms with E-state index in [-0.39, 0.29) is 17.2 Å². The number of aryl methyl sites for hydroxylation is 1. The minimum atomic E-state index is -2.95. The summed E-state index contributed by atoms with van der Waals surface area (Å²) in [7, 11) is -2.95. The van der Waals surface area contributed by atoms with Crippen molar-refractivity contribution in [1.82, 2.24) is 9.97 Å². The normalized spacial score (nSPS) is 12.1. The van der Waals surface area contributed by atoms with E-state index in [0.29, 0.717) is 11.9 Å². The minimum Gasteiger partial charge on any atom is -0.306 e. The van der Waals surface area contributed by atoms with Crippen molar-refractivity contribution >= 4 is 20.9 Å². The molecule has 0 fully saturated rings. The second-order valence-electron chi connectivity index (χ2n) is 3.95. The van der Waals surface area contributed by atoms with Gasteiger partial charge in [-0.05, 0) is 24.1 Å². The number of H-pyrrole nitrogens is 2. The molecule has 0 aliphatic rings. The Morgan fingerprint density at radius 3 is 2.59 bits per heavy atom. The van der Waals surface area contributed by atoms with Crippen LogP contribution in [0.25, 0.3) is 11.0 Å². The molecule has 0 saturated heterocycles. The van der Waals surface area contributed by atoms with Gasteiger partial charge in [-0.3, -0.25) is 0 Å². The first-order valence-electron chi connectivity index (χ1n) is 5.41. The van der Waals surface area contributed by atoms with Gasteiger partial charge >= 0.3 is 5.69 Å². The second kappa shape index (κ2) is 4.37. The van der Waals surface area contributed by atoms with Crippen LogP contribution in [0.2, 0.25) is 0 Å². The van der Waals surface area contributed by atoms with Gasteiger partial charge in [0.05, 0.1) is 16.8 Å². The van der Waals surface area contributed by atoms with Crippen molar-refractivity contribution in [2.45, 2.75) is 13.3 Å². The van der Waals surface area contributed by atoms with Crippen LogP contribution in [0, 0.1) is 0 Å². The summed E-state index contributed by atoms with van der Waals surface area (Å²) < 4.78 is 22.8. The summed E-state index contributed by atoms with van der Waals surface area (Å²) in [6.07, 6.45) is 0.472. The van der Waals surface area contributed by atoms with Gasteiger partial charge in [-0.1, -0.05) is 13.0 Å². The number of aromatic amines is 2. The lowest BCUT2D eigenvalue weighted by molar-refractivity contribution is 0.596. The highest BCUT2D eigenvalue weighted by Crippen LogP contribution is 2.11. The molecule has 0 atom stereocenters. The van der Waals surface area contributed by atoms with Crippen molar-refractivity contribution in [3.8, 4) is 0 Å². The zero-order chi connectivity index (χ0) is 12.5. The van der Waals surface area contributed by atoms with E-state index in [9.17, 15) is 13.2 Å². The molecule has 2 rings (SSSR count). The lowest BCUT2D eigenvalue weighted by Crippen LogP contribution is -2.10. The highest BCUT2D eigenvalue weighted by Gasteiger charge is 2.08. The summed E-state index contributed by atoms with van der Waals surface area (Å²) in [6, 6.07) is 5.41. The van der Waals surface area contributed by atoms with Crippen molar-refractivity contribution in [2.75, 3.05) is 11.5 Å². The molecule has 0 aliphatic carbocycles. The molecule has 92 valence electrons. The Labute approximate surface area is 98.8 Å². The molecule has 17 heavy (non-hydrogen) atoms. The maximum atomic E-state index is 11.4. The molecular weight excluding hydrogens is 240 g/mol. The summed E-state index contributed by atoms with van der Waals surface area (Å²) >= 11 is 0. The number of rotatable bonds is 4. The fraction of sp³-hybridized carbons (Fsp3) is 0.364. The quantitative estimate of drug-likeness (QED) is 0.848. The maximum absolute atomic E-state index is 11.4. The van der Waals surface area contributed by atoms with E-state index in [1.54, 1.807) is 19.1 Å². The summed E-state index contributed by atoms with van der Waals surface area (Å²) in [5, 5.41) is 0. The maximum Gasteiger partial charge on any atom is 0.323 e. The van der Waals surface area contributed by atoms with Gasteiger partial charge < -0.3 is 9.97 Å². The molecule has 6 heteroatoms. The smallest absolute Gasteiger partial charge is 0.306 e. The first-order chi connectivity index (χ1) is 8.00. The van der Waals surface area contributed by atoms with Gasteiger partial charge in [0.1, 0.15) is 9.84 Å². The van der Waals surface area contributed by atoms with Crippen molar-refractivity contribution < 1.29 is 8.42 Å². The van der Waals surface area contributed by atoms with Crippen molar-refractivity contribution in [3.63, 3.8) is 0 Å². The Kier molecular flexibility index (Phi) is 3.06. The Hall–Kier alpha value is -1.56. The van der Waals surface area contributed by atoms with Crippen molar-refractivity contribution in [1.29, 1.82) is 0 Å². The number of aromatic nitrogens is 2. The number of sulfone groups is 1. The third-order valence-electron chi connectivity index (χ3n) is 2.72. The molecule has 2 N–H and O–H groups in total. The molecule has 5 nitrogen and oxygen atoms in total. The van der Waals surface area contributed by atoms with E-state index in [4.69, 9.17) is 0 Å². The van der Waals surface area contributed by atoms with Crippen LogP contribution in [0.15, 0.2) is 23.0 Å². The summed E-state index contributed by atoms with van der Waals surface area (Å²) in [5.41, 5.74) is 2.10. The predicted octanol–water partition coefficient (Wildman–Crippen LogP) is 0.833. The number of benzene rings is 1.